The summed E-state index contributed by atoms with van der Waals surface area (Å²) in [6, 6.07) is 3.23. The number of nitro benzene ring substituents is 1. The van der Waals surface area contributed by atoms with Crippen LogP contribution in [0.1, 0.15) is 12.8 Å². The van der Waals surface area contributed by atoms with Gasteiger partial charge in [-0.25, -0.2) is 13.1 Å². The van der Waals surface area contributed by atoms with Crippen molar-refractivity contribution in [2.24, 2.45) is 0 Å². The first kappa shape index (κ1) is 15.9. The molecule has 8 nitrogen and oxygen atoms in total. The molecule has 1 saturated heterocycles. The van der Waals surface area contributed by atoms with E-state index in [9.17, 15) is 23.3 Å². The highest BCUT2D eigenvalue weighted by Gasteiger charge is 2.29. The average molecular weight is 378 g/mol. The number of carbonyl (C=O) groups is 1. The molecule has 1 fully saturated rings. The zero-order valence-corrected chi connectivity index (χ0v) is 13.1. The van der Waals surface area contributed by atoms with E-state index < -0.39 is 31.6 Å². The van der Waals surface area contributed by atoms with Gasteiger partial charge >= 0.3 is 0 Å². The number of benzene rings is 1. The van der Waals surface area contributed by atoms with Crippen molar-refractivity contribution in [1.29, 1.82) is 0 Å². The Bertz CT molecular complexity index is 681. The van der Waals surface area contributed by atoms with E-state index in [1.165, 1.54) is 12.1 Å². The van der Waals surface area contributed by atoms with E-state index in [0.717, 1.165) is 6.07 Å². The molecule has 10 heteroatoms. The van der Waals surface area contributed by atoms with Gasteiger partial charge in [0, 0.05) is 29.5 Å². The van der Waals surface area contributed by atoms with Gasteiger partial charge in [-0.1, -0.05) is 15.9 Å². The second-order valence-corrected chi connectivity index (χ2v) is 7.13. The quantitative estimate of drug-likeness (QED) is 0.597. The lowest BCUT2D eigenvalue weighted by atomic mass is 10.1. The summed E-state index contributed by atoms with van der Waals surface area (Å²) in [6.07, 6.45) is 0.570. The molecule has 0 saturated carbocycles. The average Bonchev–Trinajstić information content (AvgIpc) is 2.41. The third kappa shape index (κ3) is 3.77. The number of piperidine rings is 1. The molecule has 2 N–H and O–H groups in total. The monoisotopic (exact) mass is 377 g/mol. The number of hydrogen-bond acceptors (Lipinski definition) is 5. The summed E-state index contributed by atoms with van der Waals surface area (Å²) in [5.41, 5.74) is -0.495. The molecular weight excluding hydrogens is 366 g/mol. The molecule has 1 unspecified atom stereocenters. The summed E-state index contributed by atoms with van der Waals surface area (Å²) in [4.78, 5) is 20.9. The molecule has 21 heavy (non-hydrogen) atoms. The van der Waals surface area contributed by atoms with Gasteiger partial charge in [0.1, 0.15) is 0 Å². The third-order valence-electron chi connectivity index (χ3n) is 3.00. The highest BCUT2D eigenvalue weighted by atomic mass is 79.9. The van der Waals surface area contributed by atoms with Crippen LogP contribution < -0.4 is 10.0 Å². The molecule has 0 radical (unpaired) electrons. The first-order valence-corrected chi connectivity index (χ1v) is 8.30. The molecule has 1 amide bonds. The fourth-order valence-corrected chi connectivity index (χ4v) is 3.95. The second kappa shape index (κ2) is 6.08. The smallest absolute Gasteiger partial charge is 0.289 e. The van der Waals surface area contributed by atoms with Crippen LogP contribution in [0.25, 0.3) is 0 Å². The molecule has 1 heterocycles. The summed E-state index contributed by atoms with van der Waals surface area (Å²) in [5, 5.41) is 13.5. The Labute approximate surface area is 129 Å². The lowest BCUT2D eigenvalue weighted by Crippen LogP contribution is -2.47. The van der Waals surface area contributed by atoms with Crippen LogP contribution in [0.4, 0.5) is 5.69 Å². The zero-order valence-electron chi connectivity index (χ0n) is 10.7. The maximum atomic E-state index is 12.3. The molecule has 1 aromatic carbocycles. The van der Waals surface area contributed by atoms with Crippen molar-refractivity contribution in [3.05, 3.63) is 32.8 Å². The number of hydrogen-bond donors (Lipinski definition) is 2. The Hall–Kier alpha value is -1.52. The van der Waals surface area contributed by atoms with E-state index in [1.807, 2.05) is 0 Å². The van der Waals surface area contributed by atoms with Crippen LogP contribution in [0.5, 0.6) is 0 Å². The molecule has 1 aliphatic heterocycles. The van der Waals surface area contributed by atoms with Crippen LogP contribution in [-0.4, -0.2) is 31.8 Å². The van der Waals surface area contributed by atoms with Crippen molar-refractivity contribution < 1.29 is 18.1 Å². The molecule has 1 aromatic rings. The Kier molecular flexibility index (Phi) is 4.59. The molecule has 2 rings (SSSR count). The first-order valence-electron chi connectivity index (χ1n) is 6.02. The molecule has 0 aromatic heterocycles. The van der Waals surface area contributed by atoms with Gasteiger partial charge in [-0.2, -0.15) is 0 Å². The van der Waals surface area contributed by atoms with Gasteiger partial charge in [0.05, 0.1) is 4.92 Å². The van der Waals surface area contributed by atoms with E-state index in [2.05, 4.69) is 26.0 Å². The minimum atomic E-state index is -4.05. The van der Waals surface area contributed by atoms with Crippen LogP contribution in [0, 0.1) is 10.1 Å². The van der Waals surface area contributed by atoms with Crippen molar-refractivity contribution in [2.75, 3.05) is 6.54 Å². The van der Waals surface area contributed by atoms with E-state index in [0.29, 0.717) is 10.9 Å². The molecule has 0 spiro atoms. The van der Waals surface area contributed by atoms with Gasteiger partial charge in [-0.15, -0.1) is 0 Å². The summed E-state index contributed by atoms with van der Waals surface area (Å²) in [6.45, 7) is 0.167. The van der Waals surface area contributed by atoms with E-state index >= 15 is 0 Å². The lowest BCUT2D eigenvalue weighted by Gasteiger charge is -2.23. The highest BCUT2D eigenvalue weighted by molar-refractivity contribution is 9.10. The number of nitro groups is 1. The minimum Gasteiger partial charge on any atom is -0.355 e. The zero-order chi connectivity index (χ0) is 15.6. The molecule has 114 valence electrons. The van der Waals surface area contributed by atoms with Gasteiger partial charge in [0.25, 0.3) is 5.69 Å². The number of amides is 1. The predicted molar refractivity (Wildman–Crippen MR) is 77.1 cm³/mol. The number of rotatable bonds is 4. The van der Waals surface area contributed by atoms with Crippen LogP contribution in [0.2, 0.25) is 0 Å². The van der Waals surface area contributed by atoms with Crippen molar-refractivity contribution in [1.82, 2.24) is 10.0 Å². The van der Waals surface area contributed by atoms with Crippen molar-refractivity contribution in [2.45, 2.75) is 23.8 Å². The van der Waals surface area contributed by atoms with Gasteiger partial charge in [-0.05, 0) is 18.6 Å². The van der Waals surface area contributed by atoms with Gasteiger partial charge in [0.15, 0.2) is 4.90 Å². The Morgan fingerprint density at radius 1 is 1.43 bits per heavy atom. The predicted octanol–water partition coefficient (Wildman–Crippen LogP) is 0.914. The van der Waals surface area contributed by atoms with Crippen LogP contribution >= 0.6 is 15.9 Å². The maximum Gasteiger partial charge on any atom is 0.289 e. The summed E-state index contributed by atoms with van der Waals surface area (Å²) in [5.74, 6) is -0.140. The molecule has 0 aliphatic carbocycles. The topological polar surface area (TPSA) is 118 Å². The normalized spacial score (nSPS) is 19.1. The van der Waals surface area contributed by atoms with E-state index in [4.69, 9.17) is 0 Å². The van der Waals surface area contributed by atoms with Crippen LogP contribution in [-0.2, 0) is 14.8 Å². The lowest BCUT2D eigenvalue weighted by molar-refractivity contribution is -0.387. The Morgan fingerprint density at radius 2 is 2.14 bits per heavy atom. The number of carbonyl (C=O) groups excluding carboxylic acids is 1. The fraction of sp³-hybridized carbons (Fsp3) is 0.364. The largest absolute Gasteiger partial charge is 0.355 e. The van der Waals surface area contributed by atoms with Crippen molar-refractivity contribution >= 4 is 37.5 Å². The minimum absolute atomic E-state index is 0.140. The Morgan fingerprint density at radius 3 is 2.71 bits per heavy atom. The second-order valence-electron chi connectivity index (χ2n) is 4.53. The van der Waals surface area contributed by atoms with Crippen molar-refractivity contribution in [3.63, 3.8) is 0 Å². The van der Waals surface area contributed by atoms with Crippen LogP contribution in [0.3, 0.4) is 0 Å². The summed E-state index contributed by atoms with van der Waals surface area (Å²) >= 11 is 3.10. The summed E-state index contributed by atoms with van der Waals surface area (Å²) in [7, 11) is -4.05. The molecule has 1 atom stereocenters. The number of nitrogens with one attached hydrogen (secondary N) is 2. The van der Waals surface area contributed by atoms with Crippen molar-refractivity contribution in [3.8, 4) is 0 Å². The molecular formula is C11H12BrN3O5S. The highest BCUT2D eigenvalue weighted by Crippen LogP contribution is 2.27. The van der Waals surface area contributed by atoms with E-state index in [1.54, 1.807) is 0 Å². The number of nitrogens with zero attached hydrogens (tertiary/aromatic N) is 1. The fourth-order valence-electron chi connectivity index (χ4n) is 1.97. The standard InChI is InChI=1S/C11H12BrN3O5S/c12-7-1-3-9(15(17)18)10(5-7)21(19,20)14-8-2-4-11(16)13-6-8/h1,3,5,8,14H,2,4,6H2,(H,13,16). The van der Waals surface area contributed by atoms with Gasteiger partial charge in [0.2, 0.25) is 15.9 Å². The molecule has 0 bridgehead atoms. The first-order chi connectivity index (χ1) is 9.79. The van der Waals surface area contributed by atoms with Crippen LogP contribution in [0.15, 0.2) is 27.6 Å². The van der Waals surface area contributed by atoms with Gasteiger partial charge in [-0.3, -0.25) is 14.9 Å². The Balaban J connectivity index is 2.29. The molecule has 1 aliphatic rings. The SMILES string of the molecule is O=C1CCC(NS(=O)(=O)c2cc(Br)ccc2[N+](=O)[O-])CN1. The third-order valence-corrected chi connectivity index (χ3v) is 5.04. The summed E-state index contributed by atoms with van der Waals surface area (Å²) < 4.78 is 27.4. The maximum absolute atomic E-state index is 12.3. The van der Waals surface area contributed by atoms with E-state index in [-0.39, 0.29) is 18.9 Å². The number of halogens is 1. The van der Waals surface area contributed by atoms with Gasteiger partial charge < -0.3 is 5.32 Å². The number of sulfonamides is 1.